The van der Waals surface area contributed by atoms with Crippen LogP contribution in [0.2, 0.25) is 0 Å². The quantitative estimate of drug-likeness (QED) is 0.564. The van der Waals surface area contributed by atoms with Gasteiger partial charge in [0.05, 0.1) is 16.5 Å². The van der Waals surface area contributed by atoms with Gasteiger partial charge in [0.2, 0.25) is 0 Å². The second-order valence-electron chi connectivity index (χ2n) is 8.95. The summed E-state index contributed by atoms with van der Waals surface area (Å²) in [5, 5.41) is 3.22. The molecular formula is C25H23FN4O4S. The number of nitrogen functional groups attached to an aromatic ring is 1. The number of hydrogen-bond acceptors (Lipinski definition) is 7. The van der Waals surface area contributed by atoms with Crippen molar-refractivity contribution >= 4 is 28.3 Å². The largest absolute Gasteiger partial charge is 0.486 e. The highest BCUT2D eigenvalue weighted by Gasteiger charge is 2.54. The van der Waals surface area contributed by atoms with Gasteiger partial charge in [0, 0.05) is 12.6 Å². The lowest BCUT2D eigenvalue weighted by Gasteiger charge is -2.28. The zero-order valence-corrected chi connectivity index (χ0v) is 19.5. The molecule has 0 radical (unpaired) electrons. The molecule has 35 heavy (non-hydrogen) atoms. The third-order valence-electron chi connectivity index (χ3n) is 6.69. The lowest BCUT2D eigenvalue weighted by Crippen LogP contribution is -2.45. The molecule has 180 valence electrons. The summed E-state index contributed by atoms with van der Waals surface area (Å²) in [6, 6.07) is 11.2. The smallest absolute Gasteiger partial charge is 0.274 e. The number of thiazole rings is 1. The number of amides is 2. The van der Waals surface area contributed by atoms with Gasteiger partial charge in [0.15, 0.2) is 16.6 Å². The molecule has 6 rings (SSSR count). The van der Waals surface area contributed by atoms with Gasteiger partial charge < -0.3 is 25.4 Å². The summed E-state index contributed by atoms with van der Waals surface area (Å²) in [7, 11) is 0. The highest BCUT2D eigenvalue weighted by Crippen LogP contribution is 2.49. The number of benzene rings is 2. The first-order chi connectivity index (χ1) is 17.0. The number of nitrogens with one attached hydrogen (secondary N) is 1. The first-order valence-electron chi connectivity index (χ1n) is 11.5. The number of carbonyl (C=O) groups is 2. The van der Waals surface area contributed by atoms with E-state index in [1.165, 1.54) is 12.1 Å². The average Bonchev–Trinajstić information content (AvgIpc) is 3.35. The first kappa shape index (κ1) is 21.8. The predicted octanol–water partition coefficient (Wildman–Crippen LogP) is 3.34. The number of ether oxygens (including phenoxy) is 2. The van der Waals surface area contributed by atoms with Gasteiger partial charge in [-0.25, -0.2) is 9.37 Å². The number of likely N-dealkylation sites (tertiary alicyclic amines) is 1. The van der Waals surface area contributed by atoms with E-state index < -0.39 is 5.82 Å². The van der Waals surface area contributed by atoms with Gasteiger partial charge >= 0.3 is 0 Å². The molecule has 1 saturated heterocycles. The Morgan fingerprint density at radius 3 is 2.86 bits per heavy atom. The molecule has 2 aromatic carbocycles. The lowest BCUT2D eigenvalue weighted by molar-refractivity contribution is 0.0684. The highest BCUT2D eigenvalue weighted by molar-refractivity contribution is 7.19. The summed E-state index contributed by atoms with van der Waals surface area (Å²) in [5.74, 6) is 0.490. The van der Waals surface area contributed by atoms with Crippen LogP contribution < -0.4 is 20.5 Å². The minimum atomic E-state index is -0.394. The van der Waals surface area contributed by atoms with Gasteiger partial charge in [-0.15, -0.1) is 0 Å². The molecule has 8 nitrogen and oxygen atoms in total. The molecule has 3 aliphatic rings. The molecule has 3 heterocycles. The SMILES string of the molecule is Nc1nc(C(=O)N2[C@H](CNC(=O)c3cccc4c3OCCO4)C[C@@H]3C[C@@H]32)c(-c2cccc(F)c2)s1. The summed E-state index contributed by atoms with van der Waals surface area (Å²) in [4.78, 5) is 33.3. The Kier molecular flexibility index (Phi) is 5.32. The fourth-order valence-corrected chi connectivity index (χ4v) is 5.87. The topological polar surface area (TPSA) is 107 Å². The molecular weight excluding hydrogens is 471 g/mol. The summed E-state index contributed by atoms with van der Waals surface area (Å²) < 4.78 is 25.1. The molecule has 0 unspecified atom stereocenters. The summed E-state index contributed by atoms with van der Waals surface area (Å²) in [5.41, 5.74) is 7.15. The van der Waals surface area contributed by atoms with Crippen LogP contribution in [-0.2, 0) is 0 Å². The van der Waals surface area contributed by atoms with Crippen molar-refractivity contribution in [1.82, 2.24) is 15.2 Å². The summed E-state index contributed by atoms with van der Waals surface area (Å²) in [6.45, 7) is 1.13. The van der Waals surface area contributed by atoms with Crippen molar-refractivity contribution in [2.24, 2.45) is 5.92 Å². The van der Waals surface area contributed by atoms with Crippen LogP contribution in [0, 0.1) is 11.7 Å². The average molecular weight is 495 g/mol. The predicted molar refractivity (Wildman–Crippen MR) is 128 cm³/mol. The van der Waals surface area contributed by atoms with Crippen molar-refractivity contribution in [2.75, 3.05) is 25.5 Å². The van der Waals surface area contributed by atoms with Crippen LogP contribution in [0.25, 0.3) is 10.4 Å². The Balaban J connectivity index is 1.22. The van der Waals surface area contributed by atoms with Crippen LogP contribution in [0.3, 0.4) is 0 Å². The number of halogens is 1. The van der Waals surface area contributed by atoms with Crippen LogP contribution in [0.1, 0.15) is 33.7 Å². The first-order valence-corrected chi connectivity index (χ1v) is 12.3. The van der Waals surface area contributed by atoms with Crippen molar-refractivity contribution in [1.29, 1.82) is 0 Å². The third kappa shape index (κ3) is 3.97. The second-order valence-corrected chi connectivity index (χ2v) is 9.98. The zero-order valence-electron chi connectivity index (χ0n) is 18.7. The lowest BCUT2D eigenvalue weighted by atomic mass is 10.1. The van der Waals surface area contributed by atoms with E-state index in [2.05, 4.69) is 10.3 Å². The molecule has 3 N–H and O–H groups in total. The van der Waals surface area contributed by atoms with E-state index in [-0.39, 0.29) is 34.7 Å². The monoisotopic (exact) mass is 494 g/mol. The Morgan fingerprint density at radius 2 is 2.00 bits per heavy atom. The van der Waals surface area contributed by atoms with Gasteiger partial charge in [0.1, 0.15) is 24.7 Å². The van der Waals surface area contributed by atoms with E-state index >= 15 is 0 Å². The Morgan fingerprint density at radius 1 is 1.17 bits per heavy atom. The van der Waals surface area contributed by atoms with E-state index in [4.69, 9.17) is 15.2 Å². The maximum absolute atomic E-state index is 13.8. The highest BCUT2D eigenvalue weighted by atomic mass is 32.1. The number of fused-ring (bicyclic) bond motifs is 2. The second kappa shape index (κ2) is 8.53. The van der Waals surface area contributed by atoms with Crippen LogP contribution in [-0.4, -0.2) is 53.5 Å². The summed E-state index contributed by atoms with van der Waals surface area (Å²) >= 11 is 1.16. The number of para-hydroxylation sites is 1. The number of nitrogens with two attached hydrogens (primary N) is 1. The number of rotatable bonds is 5. The van der Waals surface area contributed by atoms with Gasteiger partial charge in [-0.1, -0.05) is 29.5 Å². The number of piperidine rings is 1. The standard InChI is InChI=1S/C25H23FN4O4S/c26-15-4-1-3-13(9-15)22-20(29-25(27)35-22)24(32)30-16(10-14-11-18(14)30)12-28-23(31)17-5-2-6-19-21(17)34-8-7-33-19/h1-6,9,14,16,18H,7-8,10-12H2,(H2,27,29)(H,28,31)/t14-,16+,18+/m1/s1. The van der Waals surface area contributed by atoms with E-state index in [1.54, 1.807) is 30.3 Å². The molecule has 1 aliphatic carbocycles. The third-order valence-corrected chi connectivity index (χ3v) is 7.62. The van der Waals surface area contributed by atoms with Crippen LogP contribution >= 0.6 is 11.3 Å². The van der Waals surface area contributed by atoms with Crippen molar-refractivity contribution in [3.63, 3.8) is 0 Å². The fourth-order valence-electron chi connectivity index (χ4n) is 5.05. The fraction of sp³-hybridized carbons (Fsp3) is 0.320. The normalized spacial score (nSPS) is 22.0. The number of carbonyl (C=O) groups excluding carboxylic acids is 2. The van der Waals surface area contributed by atoms with Gasteiger partial charge in [0.25, 0.3) is 11.8 Å². The Bertz CT molecular complexity index is 1330. The summed E-state index contributed by atoms with van der Waals surface area (Å²) in [6.07, 6.45) is 1.74. The van der Waals surface area contributed by atoms with E-state index in [0.29, 0.717) is 53.2 Å². The zero-order chi connectivity index (χ0) is 24.1. The molecule has 3 atom stereocenters. The van der Waals surface area contributed by atoms with Crippen molar-refractivity contribution in [3.8, 4) is 21.9 Å². The maximum atomic E-state index is 13.8. The maximum Gasteiger partial charge on any atom is 0.274 e. The number of nitrogens with zero attached hydrogens (tertiary/aromatic N) is 2. The molecule has 1 aromatic heterocycles. The molecule has 2 fully saturated rings. The van der Waals surface area contributed by atoms with Gasteiger partial charge in [-0.05, 0) is 48.6 Å². The van der Waals surface area contributed by atoms with Gasteiger partial charge in [-0.2, -0.15) is 0 Å². The molecule has 0 bridgehead atoms. The van der Waals surface area contributed by atoms with E-state index in [9.17, 15) is 14.0 Å². The Hall–Kier alpha value is -3.66. The van der Waals surface area contributed by atoms with E-state index in [0.717, 1.165) is 24.2 Å². The van der Waals surface area contributed by atoms with Gasteiger partial charge in [-0.3, -0.25) is 9.59 Å². The van der Waals surface area contributed by atoms with E-state index in [1.807, 2.05) is 4.90 Å². The number of hydrogen-bond donors (Lipinski definition) is 2. The molecule has 2 aliphatic heterocycles. The van der Waals surface area contributed by atoms with Crippen LogP contribution in [0.5, 0.6) is 11.5 Å². The van der Waals surface area contributed by atoms with Crippen molar-refractivity contribution in [3.05, 3.63) is 59.5 Å². The molecule has 2 amide bonds. The van der Waals surface area contributed by atoms with Crippen LogP contribution in [0.4, 0.5) is 9.52 Å². The minimum Gasteiger partial charge on any atom is -0.486 e. The molecule has 1 saturated carbocycles. The minimum absolute atomic E-state index is 0.119. The number of aromatic nitrogens is 1. The Labute approximate surface area is 204 Å². The molecule has 3 aromatic rings. The van der Waals surface area contributed by atoms with Crippen molar-refractivity contribution < 1.29 is 23.5 Å². The van der Waals surface area contributed by atoms with Crippen molar-refractivity contribution in [2.45, 2.75) is 24.9 Å². The van der Waals surface area contributed by atoms with Crippen LogP contribution in [0.15, 0.2) is 42.5 Å². The number of anilines is 1. The molecule has 0 spiro atoms. The molecule has 10 heteroatoms.